The van der Waals surface area contributed by atoms with E-state index < -0.39 is 5.82 Å². The molecular weight excluding hydrogens is 287 g/mol. The Bertz CT molecular complexity index is 716. The van der Waals surface area contributed by atoms with Crippen molar-refractivity contribution in [3.8, 4) is 0 Å². The number of nitrogens with zero attached hydrogens (tertiary/aromatic N) is 1. The van der Waals surface area contributed by atoms with Gasteiger partial charge in [-0.3, -0.25) is 14.6 Å². The molecule has 22 heavy (non-hydrogen) atoms. The fraction of sp³-hybridized carbons (Fsp3) is 0.312. The second-order valence-electron chi connectivity index (χ2n) is 4.91. The van der Waals surface area contributed by atoms with Crippen molar-refractivity contribution in [3.63, 3.8) is 0 Å². The second-order valence-corrected chi connectivity index (χ2v) is 4.91. The molecule has 0 fully saturated rings. The Balaban J connectivity index is 2.13. The maximum absolute atomic E-state index is 13.4. The average Bonchev–Trinajstić information content (AvgIpc) is 2.50. The highest BCUT2D eigenvalue weighted by atomic mass is 19.1. The molecule has 2 aromatic rings. The molecule has 0 aliphatic heterocycles. The number of methoxy groups -OCH3 is 1. The fourth-order valence-electron chi connectivity index (χ4n) is 2.15. The number of ether oxygens (including phenoxy) is 1. The standard InChI is InChI=1S/C16H17FN2O3/c1-10-8-13(12-9-11(17)5-6-14(12)19-10)16(21)18-7-3-4-15(20)22-2/h5-6,8-9H,3-4,7H2,1-2H3,(H,18,21). The van der Waals surface area contributed by atoms with Gasteiger partial charge >= 0.3 is 5.97 Å². The van der Waals surface area contributed by atoms with E-state index in [2.05, 4.69) is 15.0 Å². The number of halogens is 1. The maximum Gasteiger partial charge on any atom is 0.305 e. The minimum Gasteiger partial charge on any atom is -0.469 e. The largest absolute Gasteiger partial charge is 0.469 e. The summed E-state index contributed by atoms with van der Waals surface area (Å²) in [5.41, 5.74) is 1.62. The first kappa shape index (κ1) is 15.9. The van der Waals surface area contributed by atoms with Gasteiger partial charge < -0.3 is 10.1 Å². The lowest BCUT2D eigenvalue weighted by atomic mass is 10.1. The molecule has 0 aliphatic rings. The summed E-state index contributed by atoms with van der Waals surface area (Å²) in [7, 11) is 1.32. The molecule has 0 aliphatic carbocycles. The number of benzene rings is 1. The Morgan fingerprint density at radius 2 is 2.09 bits per heavy atom. The molecule has 1 heterocycles. The Hall–Kier alpha value is -2.50. The molecule has 1 N–H and O–H groups in total. The van der Waals surface area contributed by atoms with Crippen molar-refractivity contribution in [2.45, 2.75) is 19.8 Å². The third-order valence-corrected chi connectivity index (χ3v) is 3.21. The molecule has 0 atom stereocenters. The number of rotatable bonds is 5. The number of pyridine rings is 1. The lowest BCUT2D eigenvalue weighted by Gasteiger charge is -2.09. The molecule has 1 aromatic heterocycles. The number of carbonyl (C=O) groups excluding carboxylic acids is 2. The van der Waals surface area contributed by atoms with Gasteiger partial charge in [0.1, 0.15) is 5.82 Å². The number of hydrogen-bond acceptors (Lipinski definition) is 4. The van der Waals surface area contributed by atoms with Crippen molar-refractivity contribution in [1.29, 1.82) is 0 Å². The molecule has 1 aromatic carbocycles. The summed E-state index contributed by atoms with van der Waals surface area (Å²) in [4.78, 5) is 27.5. The van der Waals surface area contributed by atoms with E-state index in [0.29, 0.717) is 35.1 Å². The Labute approximate surface area is 127 Å². The van der Waals surface area contributed by atoms with Gasteiger partial charge in [-0.05, 0) is 37.6 Å². The number of carbonyl (C=O) groups is 2. The molecule has 0 spiro atoms. The first-order valence-electron chi connectivity index (χ1n) is 6.93. The molecule has 0 bridgehead atoms. The molecule has 0 unspecified atom stereocenters. The number of fused-ring (bicyclic) bond motifs is 1. The zero-order chi connectivity index (χ0) is 16.1. The monoisotopic (exact) mass is 304 g/mol. The van der Waals surface area contributed by atoms with Gasteiger partial charge in [0, 0.05) is 24.0 Å². The minimum absolute atomic E-state index is 0.238. The van der Waals surface area contributed by atoms with Crippen LogP contribution in [-0.4, -0.2) is 30.5 Å². The van der Waals surface area contributed by atoms with Crippen LogP contribution in [0, 0.1) is 12.7 Å². The smallest absolute Gasteiger partial charge is 0.305 e. The van der Waals surface area contributed by atoms with Gasteiger partial charge in [-0.15, -0.1) is 0 Å². The summed E-state index contributed by atoms with van der Waals surface area (Å²) >= 11 is 0. The number of nitrogens with one attached hydrogen (secondary N) is 1. The van der Waals surface area contributed by atoms with Gasteiger partial charge in [0.2, 0.25) is 0 Å². The van der Waals surface area contributed by atoms with Crippen LogP contribution in [0.2, 0.25) is 0 Å². The molecule has 0 saturated carbocycles. The number of aromatic nitrogens is 1. The number of aryl methyl sites for hydroxylation is 1. The van der Waals surface area contributed by atoms with Gasteiger partial charge in [-0.25, -0.2) is 4.39 Å². The van der Waals surface area contributed by atoms with E-state index >= 15 is 0 Å². The van der Waals surface area contributed by atoms with E-state index in [0.717, 1.165) is 0 Å². The number of amides is 1. The van der Waals surface area contributed by atoms with E-state index in [1.54, 1.807) is 19.1 Å². The van der Waals surface area contributed by atoms with Gasteiger partial charge in [0.25, 0.3) is 5.91 Å². The molecule has 6 heteroatoms. The van der Waals surface area contributed by atoms with Crippen LogP contribution in [0.15, 0.2) is 24.3 Å². The predicted molar refractivity (Wildman–Crippen MR) is 80.0 cm³/mol. The molecule has 5 nitrogen and oxygen atoms in total. The highest BCUT2D eigenvalue weighted by molar-refractivity contribution is 6.06. The lowest BCUT2D eigenvalue weighted by Crippen LogP contribution is -2.25. The topological polar surface area (TPSA) is 68.3 Å². The van der Waals surface area contributed by atoms with Crippen LogP contribution in [-0.2, 0) is 9.53 Å². The zero-order valence-corrected chi connectivity index (χ0v) is 12.5. The van der Waals surface area contributed by atoms with Crippen LogP contribution in [0.4, 0.5) is 4.39 Å². The first-order chi connectivity index (χ1) is 10.5. The quantitative estimate of drug-likeness (QED) is 0.680. The van der Waals surface area contributed by atoms with Gasteiger partial charge in [-0.1, -0.05) is 0 Å². The Morgan fingerprint density at radius 3 is 2.82 bits per heavy atom. The van der Waals surface area contributed by atoms with E-state index in [-0.39, 0.29) is 18.3 Å². The predicted octanol–water partition coefficient (Wildman–Crippen LogP) is 2.37. The SMILES string of the molecule is COC(=O)CCCNC(=O)c1cc(C)nc2ccc(F)cc12. The fourth-order valence-corrected chi connectivity index (χ4v) is 2.15. The van der Waals surface area contributed by atoms with Crippen LogP contribution in [0.5, 0.6) is 0 Å². The molecule has 1 amide bonds. The summed E-state index contributed by atoms with van der Waals surface area (Å²) < 4.78 is 17.9. The van der Waals surface area contributed by atoms with E-state index in [9.17, 15) is 14.0 Å². The van der Waals surface area contributed by atoms with Crippen LogP contribution in [0.1, 0.15) is 28.9 Å². The van der Waals surface area contributed by atoms with E-state index in [1.807, 2.05) is 0 Å². The Morgan fingerprint density at radius 1 is 1.32 bits per heavy atom. The van der Waals surface area contributed by atoms with E-state index in [4.69, 9.17) is 0 Å². The first-order valence-corrected chi connectivity index (χ1v) is 6.93. The maximum atomic E-state index is 13.4. The number of esters is 1. The molecule has 0 radical (unpaired) electrons. The normalized spacial score (nSPS) is 10.5. The Kier molecular flexibility index (Phi) is 5.04. The number of hydrogen-bond donors (Lipinski definition) is 1. The van der Waals surface area contributed by atoms with Crippen LogP contribution in [0.25, 0.3) is 10.9 Å². The summed E-state index contributed by atoms with van der Waals surface area (Å²) in [6, 6.07) is 5.78. The van der Waals surface area contributed by atoms with Crippen LogP contribution < -0.4 is 5.32 Å². The minimum atomic E-state index is -0.419. The highest BCUT2D eigenvalue weighted by Crippen LogP contribution is 2.19. The van der Waals surface area contributed by atoms with Crippen LogP contribution >= 0.6 is 0 Å². The third kappa shape index (κ3) is 3.78. The summed E-state index contributed by atoms with van der Waals surface area (Å²) in [5.74, 6) is -1.05. The van der Waals surface area contributed by atoms with Crippen molar-refractivity contribution in [3.05, 3.63) is 41.3 Å². The average molecular weight is 304 g/mol. The van der Waals surface area contributed by atoms with Gasteiger partial charge in [-0.2, -0.15) is 0 Å². The molecule has 116 valence electrons. The van der Waals surface area contributed by atoms with E-state index in [1.165, 1.54) is 19.2 Å². The van der Waals surface area contributed by atoms with Crippen molar-refractivity contribution >= 4 is 22.8 Å². The zero-order valence-electron chi connectivity index (χ0n) is 12.5. The van der Waals surface area contributed by atoms with Crippen molar-refractivity contribution in [2.75, 3.05) is 13.7 Å². The summed E-state index contributed by atoms with van der Waals surface area (Å²) in [6.45, 7) is 2.11. The molecule has 0 saturated heterocycles. The highest BCUT2D eigenvalue weighted by Gasteiger charge is 2.12. The van der Waals surface area contributed by atoms with Crippen molar-refractivity contribution < 1.29 is 18.7 Å². The van der Waals surface area contributed by atoms with Crippen molar-refractivity contribution in [2.24, 2.45) is 0 Å². The van der Waals surface area contributed by atoms with Crippen LogP contribution in [0.3, 0.4) is 0 Å². The second kappa shape index (κ2) is 6.98. The van der Waals surface area contributed by atoms with Gasteiger partial charge in [0.15, 0.2) is 0 Å². The summed E-state index contributed by atoms with van der Waals surface area (Å²) in [6.07, 6.45) is 0.719. The lowest BCUT2D eigenvalue weighted by molar-refractivity contribution is -0.140. The summed E-state index contributed by atoms with van der Waals surface area (Å²) in [5, 5.41) is 3.19. The van der Waals surface area contributed by atoms with Crippen molar-refractivity contribution in [1.82, 2.24) is 10.3 Å². The molecule has 2 rings (SSSR count). The van der Waals surface area contributed by atoms with Gasteiger partial charge in [0.05, 0.1) is 18.2 Å². The third-order valence-electron chi connectivity index (χ3n) is 3.21. The molecular formula is C16H17FN2O3.